The maximum absolute atomic E-state index is 13.5. The fourth-order valence-electron chi connectivity index (χ4n) is 1.27. The van der Waals surface area contributed by atoms with Crippen LogP contribution < -0.4 is 0 Å². The van der Waals surface area contributed by atoms with Gasteiger partial charge < -0.3 is 9.47 Å². The Labute approximate surface area is 104 Å². The Kier molecular flexibility index (Phi) is 5.05. The number of hydrogen-bond donors (Lipinski definition) is 0. The van der Waals surface area contributed by atoms with Crippen LogP contribution in [0.2, 0.25) is 0 Å². The normalized spacial score (nSPS) is 10.9. The SMILES string of the molecule is CCOC(=O)/C=C(\OC(C)=O)c1ccccc1F. The van der Waals surface area contributed by atoms with E-state index in [0.29, 0.717) is 0 Å². The highest BCUT2D eigenvalue weighted by Gasteiger charge is 2.13. The molecule has 18 heavy (non-hydrogen) atoms. The number of halogens is 1. The summed E-state index contributed by atoms with van der Waals surface area (Å²) in [5.74, 6) is -2.10. The Morgan fingerprint density at radius 1 is 1.33 bits per heavy atom. The molecule has 0 unspecified atom stereocenters. The van der Waals surface area contributed by atoms with E-state index in [0.717, 1.165) is 6.08 Å². The number of rotatable bonds is 4. The molecular weight excluding hydrogens is 239 g/mol. The quantitative estimate of drug-likeness (QED) is 0.468. The highest BCUT2D eigenvalue weighted by atomic mass is 19.1. The minimum atomic E-state index is -0.697. The number of ether oxygens (including phenoxy) is 2. The van der Waals surface area contributed by atoms with Gasteiger partial charge in [0, 0.05) is 6.92 Å². The van der Waals surface area contributed by atoms with Crippen molar-refractivity contribution in [2.24, 2.45) is 0 Å². The molecule has 0 aliphatic carbocycles. The minimum Gasteiger partial charge on any atom is -0.463 e. The van der Waals surface area contributed by atoms with Gasteiger partial charge in [-0.2, -0.15) is 0 Å². The molecule has 0 saturated heterocycles. The molecule has 0 saturated carbocycles. The lowest BCUT2D eigenvalue weighted by atomic mass is 10.1. The summed E-state index contributed by atoms with van der Waals surface area (Å²) in [4.78, 5) is 22.2. The van der Waals surface area contributed by atoms with Crippen molar-refractivity contribution < 1.29 is 23.5 Å². The second kappa shape index (κ2) is 6.54. The second-order valence-electron chi connectivity index (χ2n) is 3.33. The molecule has 0 heterocycles. The molecule has 0 fully saturated rings. The van der Waals surface area contributed by atoms with E-state index in [1.54, 1.807) is 13.0 Å². The second-order valence-corrected chi connectivity index (χ2v) is 3.33. The zero-order valence-electron chi connectivity index (χ0n) is 10.1. The van der Waals surface area contributed by atoms with E-state index in [1.165, 1.54) is 25.1 Å². The van der Waals surface area contributed by atoms with E-state index in [-0.39, 0.29) is 17.9 Å². The summed E-state index contributed by atoms with van der Waals surface area (Å²) in [5, 5.41) is 0. The molecule has 0 amide bonds. The maximum atomic E-state index is 13.5. The van der Waals surface area contributed by atoms with Gasteiger partial charge in [-0.1, -0.05) is 12.1 Å². The van der Waals surface area contributed by atoms with Gasteiger partial charge in [-0.15, -0.1) is 0 Å². The highest BCUT2D eigenvalue weighted by molar-refractivity contribution is 5.91. The van der Waals surface area contributed by atoms with Crippen molar-refractivity contribution in [3.8, 4) is 0 Å². The number of carbonyl (C=O) groups excluding carboxylic acids is 2. The van der Waals surface area contributed by atoms with E-state index < -0.39 is 17.8 Å². The Bertz CT molecular complexity index is 480. The van der Waals surface area contributed by atoms with E-state index >= 15 is 0 Å². The lowest BCUT2D eigenvalue weighted by Crippen LogP contribution is -2.06. The van der Waals surface area contributed by atoms with Crippen molar-refractivity contribution in [3.63, 3.8) is 0 Å². The summed E-state index contributed by atoms with van der Waals surface area (Å²) in [5.41, 5.74) is 0.0285. The molecule has 1 aromatic carbocycles. The van der Waals surface area contributed by atoms with Crippen LogP contribution in [0.15, 0.2) is 30.3 Å². The van der Waals surface area contributed by atoms with Gasteiger partial charge in [0.25, 0.3) is 0 Å². The van der Waals surface area contributed by atoms with E-state index in [4.69, 9.17) is 4.74 Å². The summed E-state index contributed by atoms with van der Waals surface area (Å²) in [6.45, 7) is 2.99. The Balaban J connectivity index is 3.09. The van der Waals surface area contributed by atoms with Gasteiger partial charge in [0.1, 0.15) is 11.6 Å². The molecule has 0 N–H and O–H groups in total. The van der Waals surface area contributed by atoms with Gasteiger partial charge in [0.2, 0.25) is 0 Å². The van der Waals surface area contributed by atoms with Gasteiger partial charge in [0.15, 0.2) is 0 Å². The van der Waals surface area contributed by atoms with Crippen molar-refractivity contribution in [3.05, 3.63) is 41.7 Å². The molecule has 96 valence electrons. The van der Waals surface area contributed by atoms with Crippen molar-refractivity contribution >= 4 is 17.7 Å². The third kappa shape index (κ3) is 4.01. The third-order valence-electron chi connectivity index (χ3n) is 1.93. The minimum absolute atomic E-state index is 0.0285. The average Bonchev–Trinajstić information content (AvgIpc) is 2.28. The van der Waals surface area contributed by atoms with E-state index in [1.807, 2.05) is 0 Å². The molecule has 0 spiro atoms. The first-order chi connectivity index (χ1) is 8.54. The molecule has 1 aromatic rings. The van der Waals surface area contributed by atoms with Crippen molar-refractivity contribution in [1.29, 1.82) is 0 Å². The number of carbonyl (C=O) groups is 2. The van der Waals surface area contributed by atoms with Crippen LogP contribution in [-0.4, -0.2) is 18.5 Å². The zero-order valence-corrected chi connectivity index (χ0v) is 10.1. The Morgan fingerprint density at radius 2 is 2.00 bits per heavy atom. The van der Waals surface area contributed by atoms with E-state index in [2.05, 4.69) is 4.74 Å². The van der Waals surface area contributed by atoms with Gasteiger partial charge >= 0.3 is 11.9 Å². The predicted molar refractivity (Wildman–Crippen MR) is 62.8 cm³/mol. The highest BCUT2D eigenvalue weighted by Crippen LogP contribution is 2.19. The first-order valence-corrected chi connectivity index (χ1v) is 5.36. The Hall–Kier alpha value is -2.17. The average molecular weight is 252 g/mol. The van der Waals surface area contributed by atoms with Crippen LogP contribution in [0, 0.1) is 5.82 Å². The molecule has 0 aliphatic heterocycles. The summed E-state index contributed by atoms with van der Waals surface area (Å²) < 4.78 is 23.0. The van der Waals surface area contributed by atoms with E-state index in [9.17, 15) is 14.0 Å². The first-order valence-electron chi connectivity index (χ1n) is 5.36. The zero-order chi connectivity index (χ0) is 13.5. The van der Waals surface area contributed by atoms with Crippen LogP contribution in [0.3, 0.4) is 0 Å². The van der Waals surface area contributed by atoms with Gasteiger partial charge in [-0.05, 0) is 19.1 Å². The summed E-state index contributed by atoms with van der Waals surface area (Å²) in [6, 6.07) is 5.68. The molecule has 0 aromatic heterocycles. The molecule has 0 bridgehead atoms. The third-order valence-corrected chi connectivity index (χ3v) is 1.93. The smallest absolute Gasteiger partial charge is 0.334 e. The van der Waals surface area contributed by atoms with Gasteiger partial charge in [-0.3, -0.25) is 4.79 Å². The fourth-order valence-corrected chi connectivity index (χ4v) is 1.27. The van der Waals surface area contributed by atoms with Crippen LogP contribution in [0.1, 0.15) is 19.4 Å². The number of benzene rings is 1. The van der Waals surface area contributed by atoms with Crippen molar-refractivity contribution in [2.45, 2.75) is 13.8 Å². The standard InChI is InChI=1S/C13H13FO4/c1-3-17-13(16)8-12(18-9(2)15)10-6-4-5-7-11(10)14/h4-8H,3H2,1-2H3/b12-8-. The van der Waals surface area contributed by atoms with Crippen LogP contribution in [0.5, 0.6) is 0 Å². The van der Waals surface area contributed by atoms with Crippen LogP contribution in [0.4, 0.5) is 4.39 Å². The molecule has 1 rings (SSSR count). The van der Waals surface area contributed by atoms with Gasteiger partial charge in [-0.25, -0.2) is 9.18 Å². The predicted octanol–water partition coefficient (Wildman–Crippen LogP) is 2.29. The Morgan fingerprint density at radius 3 is 2.56 bits per heavy atom. The molecule has 4 nitrogen and oxygen atoms in total. The number of hydrogen-bond acceptors (Lipinski definition) is 4. The molecule has 0 aliphatic rings. The summed E-state index contributed by atoms with van der Waals surface area (Å²) >= 11 is 0. The summed E-state index contributed by atoms with van der Waals surface area (Å²) in [7, 11) is 0. The molecule has 0 atom stereocenters. The largest absolute Gasteiger partial charge is 0.463 e. The number of esters is 2. The lowest BCUT2D eigenvalue weighted by Gasteiger charge is -2.08. The van der Waals surface area contributed by atoms with Crippen molar-refractivity contribution in [1.82, 2.24) is 0 Å². The summed E-state index contributed by atoms with van der Waals surface area (Å²) in [6.07, 6.45) is 0.948. The van der Waals surface area contributed by atoms with Crippen molar-refractivity contribution in [2.75, 3.05) is 6.61 Å². The topological polar surface area (TPSA) is 52.6 Å². The molecular formula is C13H13FO4. The maximum Gasteiger partial charge on any atom is 0.334 e. The molecule has 5 heteroatoms. The lowest BCUT2D eigenvalue weighted by molar-refractivity contribution is -0.137. The first kappa shape index (κ1) is 13.9. The van der Waals surface area contributed by atoms with Crippen LogP contribution >= 0.6 is 0 Å². The van der Waals surface area contributed by atoms with Gasteiger partial charge in [0.05, 0.1) is 18.2 Å². The van der Waals surface area contributed by atoms with Crippen LogP contribution in [0.25, 0.3) is 5.76 Å². The monoisotopic (exact) mass is 252 g/mol. The molecule has 0 radical (unpaired) electrons. The fraction of sp³-hybridized carbons (Fsp3) is 0.231. The van der Waals surface area contributed by atoms with Crippen LogP contribution in [-0.2, 0) is 19.1 Å².